The topological polar surface area (TPSA) is 58.9 Å². The van der Waals surface area contributed by atoms with Gasteiger partial charge in [0.2, 0.25) is 0 Å². The summed E-state index contributed by atoms with van der Waals surface area (Å²) in [4.78, 5) is 15.6. The van der Waals surface area contributed by atoms with Crippen molar-refractivity contribution >= 4 is 28.5 Å². The van der Waals surface area contributed by atoms with Crippen molar-refractivity contribution in [3.8, 4) is 0 Å². The molecule has 34 heavy (non-hydrogen) atoms. The van der Waals surface area contributed by atoms with Crippen LogP contribution in [0.5, 0.6) is 0 Å². The molecule has 0 amide bonds. The maximum absolute atomic E-state index is 13.4. The van der Waals surface area contributed by atoms with E-state index in [-0.39, 0.29) is 5.82 Å². The number of imidazole rings is 1. The SMILES string of the molecule is Fc1ccc(Cn2c(CC3CCN(CCNc4cc(Cl)ncn4)CC3)nc3ccccc32)cc1. The molecule has 1 aliphatic rings. The van der Waals surface area contributed by atoms with Crippen molar-refractivity contribution < 1.29 is 4.39 Å². The molecule has 1 N–H and O–H groups in total. The molecule has 4 aromatic rings. The van der Waals surface area contributed by atoms with Gasteiger partial charge in [0, 0.05) is 32.1 Å². The van der Waals surface area contributed by atoms with Crippen LogP contribution in [0.25, 0.3) is 11.0 Å². The molecule has 1 fully saturated rings. The zero-order valence-electron chi connectivity index (χ0n) is 19.0. The molecule has 5 rings (SSSR count). The summed E-state index contributed by atoms with van der Waals surface area (Å²) in [6, 6.07) is 16.8. The van der Waals surface area contributed by atoms with Crippen LogP contribution in [-0.4, -0.2) is 50.6 Å². The molecule has 0 aliphatic carbocycles. The zero-order valence-corrected chi connectivity index (χ0v) is 19.8. The van der Waals surface area contributed by atoms with E-state index in [4.69, 9.17) is 16.6 Å². The first-order valence-corrected chi connectivity index (χ1v) is 12.1. The van der Waals surface area contributed by atoms with Crippen LogP contribution in [0.3, 0.4) is 0 Å². The Kier molecular flexibility index (Phi) is 7.02. The molecule has 0 saturated carbocycles. The Balaban J connectivity index is 1.19. The summed E-state index contributed by atoms with van der Waals surface area (Å²) >= 11 is 5.92. The van der Waals surface area contributed by atoms with Gasteiger partial charge in [-0.1, -0.05) is 35.9 Å². The van der Waals surface area contributed by atoms with Crippen LogP contribution in [0.2, 0.25) is 5.15 Å². The van der Waals surface area contributed by atoms with Gasteiger partial charge < -0.3 is 14.8 Å². The second-order valence-corrected chi connectivity index (χ2v) is 9.26. The Labute approximate surface area is 203 Å². The van der Waals surface area contributed by atoms with Gasteiger partial charge in [-0.15, -0.1) is 0 Å². The molecule has 8 heteroatoms. The summed E-state index contributed by atoms with van der Waals surface area (Å²) in [6.45, 7) is 4.65. The van der Waals surface area contributed by atoms with Gasteiger partial charge in [-0.2, -0.15) is 0 Å². The molecule has 0 bridgehead atoms. The normalized spacial score (nSPS) is 15.1. The lowest BCUT2D eigenvalue weighted by atomic mass is 9.93. The van der Waals surface area contributed by atoms with Crippen LogP contribution in [0.4, 0.5) is 10.2 Å². The third-order valence-electron chi connectivity index (χ3n) is 6.53. The molecule has 0 spiro atoms. The summed E-state index contributed by atoms with van der Waals surface area (Å²) < 4.78 is 15.7. The Morgan fingerprint density at radius 2 is 1.82 bits per heavy atom. The fraction of sp³-hybridized carbons (Fsp3) is 0.346. The van der Waals surface area contributed by atoms with Crippen molar-refractivity contribution in [1.29, 1.82) is 0 Å². The van der Waals surface area contributed by atoms with Crippen molar-refractivity contribution in [2.75, 3.05) is 31.5 Å². The molecule has 2 aromatic heterocycles. The number of likely N-dealkylation sites (tertiary alicyclic amines) is 1. The Morgan fingerprint density at radius 3 is 2.62 bits per heavy atom. The highest BCUT2D eigenvalue weighted by molar-refractivity contribution is 6.29. The second kappa shape index (κ2) is 10.5. The number of rotatable bonds is 8. The third-order valence-corrected chi connectivity index (χ3v) is 6.74. The number of benzene rings is 2. The summed E-state index contributed by atoms with van der Waals surface area (Å²) in [7, 11) is 0. The number of halogens is 2. The second-order valence-electron chi connectivity index (χ2n) is 8.87. The number of nitrogens with zero attached hydrogens (tertiary/aromatic N) is 5. The number of para-hydroxylation sites is 2. The molecule has 1 aliphatic heterocycles. The predicted molar refractivity (Wildman–Crippen MR) is 134 cm³/mol. The van der Waals surface area contributed by atoms with Crippen LogP contribution in [-0.2, 0) is 13.0 Å². The largest absolute Gasteiger partial charge is 0.369 e. The van der Waals surface area contributed by atoms with Crippen molar-refractivity contribution in [1.82, 2.24) is 24.4 Å². The van der Waals surface area contributed by atoms with E-state index in [9.17, 15) is 4.39 Å². The van der Waals surface area contributed by atoms with E-state index in [0.717, 1.165) is 73.7 Å². The Hall–Kier alpha value is -3.03. The first-order chi connectivity index (χ1) is 16.6. The molecule has 1 saturated heterocycles. The lowest BCUT2D eigenvalue weighted by molar-refractivity contribution is 0.188. The van der Waals surface area contributed by atoms with Gasteiger partial charge >= 0.3 is 0 Å². The quantitative estimate of drug-likeness (QED) is 0.360. The molecule has 2 aromatic carbocycles. The maximum Gasteiger partial charge on any atom is 0.134 e. The van der Waals surface area contributed by atoms with Crippen LogP contribution in [0, 0.1) is 11.7 Å². The minimum atomic E-state index is -0.206. The lowest BCUT2D eigenvalue weighted by Gasteiger charge is -2.32. The molecule has 0 atom stereocenters. The predicted octanol–water partition coefficient (Wildman–Crippen LogP) is 5.03. The summed E-state index contributed by atoms with van der Waals surface area (Å²) in [6.07, 6.45) is 4.74. The number of aromatic nitrogens is 4. The molecule has 0 unspecified atom stereocenters. The zero-order chi connectivity index (χ0) is 23.3. The third kappa shape index (κ3) is 5.54. The highest BCUT2D eigenvalue weighted by Crippen LogP contribution is 2.25. The highest BCUT2D eigenvalue weighted by atomic mass is 35.5. The Bertz CT molecular complexity index is 1230. The maximum atomic E-state index is 13.4. The average molecular weight is 479 g/mol. The molecule has 0 radical (unpaired) electrons. The Morgan fingerprint density at radius 1 is 1.03 bits per heavy atom. The van der Waals surface area contributed by atoms with Crippen LogP contribution in [0.15, 0.2) is 60.9 Å². The number of hydrogen-bond acceptors (Lipinski definition) is 5. The number of anilines is 1. The number of fused-ring (bicyclic) bond motifs is 1. The standard InChI is InChI=1S/C26H28ClFN6/c27-24-16-25(31-18-30-24)29-11-14-33-12-9-19(10-13-33)15-26-32-22-3-1-2-4-23(22)34(26)17-20-5-7-21(28)8-6-20/h1-8,16,18-19H,9-15,17H2,(H,29,30,31). The van der Waals surface area contributed by atoms with Crippen LogP contribution in [0.1, 0.15) is 24.2 Å². The first-order valence-electron chi connectivity index (χ1n) is 11.8. The van der Waals surface area contributed by atoms with Gasteiger partial charge in [0.1, 0.15) is 28.9 Å². The van der Waals surface area contributed by atoms with Gasteiger partial charge in [0.05, 0.1) is 11.0 Å². The minimum absolute atomic E-state index is 0.206. The van der Waals surface area contributed by atoms with E-state index < -0.39 is 0 Å². The monoisotopic (exact) mass is 478 g/mol. The average Bonchev–Trinajstić information content (AvgIpc) is 3.18. The van der Waals surface area contributed by atoms with E-state index in [1.807, 2.05) is 18.2 Å². The van der Waals surface area contributed by atoms with Crippen molar-refractivity contribution in [3.63, 3.8) is 0 Å². The number of hydrogen-bond donors (Lipinski definition) is 1. The van der Waals surface area contributed by atoms with E-state index in [0.29, 0.717) is 17.6 Å². The van der Waals surface area contributed by atoms with Crippen LogP contribution >= 0.6 is 11.6 Å². The van der Waals surface area contributed by atoms with Crippen molar-refractivity contribution in [2.24, 2.45) is 5.92 Å². The molecule has 6 nitrogen and oxygen atoms in total. The van der Waals surface area contributed by atoms with Crippen molar-refractivity contribution in [3.05, 3.63) is 83.3 Å². The van der Waals surface area contributed by atoms with Gasteiger partial charge in [-0.25, -0.2) is 19.3 Å². The number of piperidine rings is 1. The van der Waals surface area contributed by atoms with E-state index in [1.165, 1.54) is 18.5 Å². The fourth-order valence-electron chi connectivity index (χ4n) is 4.67. The lowest BCUT2D eigenvalue weighted by Crippen LogP contribution is -2.37. The van der Waals surface area contributed by atoms with E-state index in [2.05, 4.69) is 43.0 Å². The molecular formula is C26H28ClFN6. The number of nitrogens with one attached hydrogen (secondary N) is 1. The van der Waals surface area contributed by atoms with Crippen molar-refractivity contribution in [2.45, 2.75) is 25.8 Å². The summed E-state index contributed by atoms with van der Waals surface area (Å²) in [5, 5.41) is 3.77. The molecular weight excluding hydrogens is 451 g/mol. The van der Waals surface area contributed by atoms with Crippen LogP contribution < -0.4 is 5.32 Å². The van der Waals surface area contributed by atoms with Gasteiger partial charge in [-0.3, -0.25) is 0 Å². The summed E-state index contributed by atoms with van der Waals surface area (Å²) in [5.41, 5.74) is 3.24. The molecule has 176 valence electrons. The van der Waals surface area contributed by atoms with Gasteiger partial charge in [0.25, 0.3) is 0 Å². The smallest absolute Gasteiger partial charge is 0.134 e. The van der Waals surface area contributed by atoms with Gasteiger partial charge in [-0.05, 0) is 61.7 Å². The summed E-state index contributed by atoms with van der Waals surface area (Å²) in [5.74, 6) is 2.28. The molecule has 3 heterocycles. The van der Waals surface area contributed by atoms with Gasteiger partial charge in [0.15, 0.2) is 0 Å². The van der Waals surface area contributed by atoms with E-state index in [1.54, 1.807) is 6.07 Å². The highest BCUT2D eigenvalue weighted by Gasteiger charge is 2.22. The fourth-order valence-corrected chi connectivity index (χ4v) is 4.82. The first kappa shape index (κ1) is 22.7. The van der Waals surface area contributed by atoms with E-state index >= 15 is 0 Å². The minimum Gasteiger partial charge on any atom is -0.369 e.